The Balaban J connectivity index is 1.83. The van der Waals surface area contributed by atoms with Crippen LogP contribution in [0.25, 0.3) is 0 Å². The number of halogens is 5. The molecular weight excluding hydrogens is 359 g/mol. The molecule has 0 unspecified atom stereocenters. The first-order valence-electron chi connectivity index (χ1n) is 6.66. The number of hydrogen-bond acceptors (Lipinski definition) is 4. The molecule has 0 bridgehead atoms. The zero-order chi connectivity index (χ0) is 17.6. The minimum Gasteiger partial charge on any atom is -0.365 e. The van der Waals surface area contributed by atoms with Crippen LogP contribution in [0.2, 0.25) is 0 Å². The number of aromatic nitrogens is 1. The van der Waals surface area contributed by atoms with E-state index in [1.54, 1.807) is 6.07 Å². The minimum atomic E-state index is -4.93. The summed E-state index contributed by atoms with van der Waals surface area (Å²) in [6.45, 7) is 0. The summed E-state index contributed by atoms with van der Waals surface area (Å²) in [6.07, 6.45) is 1.84. The summed E-state index contributed by atoms with van der Waals surface area (Å²) in [5.41, 5.74) is 0.585. The SMILES string of the molecule is O=S(=O)(NC1CC(c2ccon2)C1)c1c(F)c(F)c(F)c(F)c1F. The number of nitrogens with one attached hydrogen (secondary N) is 1. The number of nitrogens with zero attached hydrogens (tertiary/aromatic N) is 1. The van der Waals surface area contributed by atoms with Crippen molar-refractivity contribution in [2.24, 2.45) is 0 Å². The Morgan fingerprint density at radius 1 is 1.00 bits per heavy atom. The molecule has 0 amide bonds. The quantitative estimate of drug-likeness (QED) is 0.512. The van der Waals surface area contributed by atoms with E-state index in [0.717, 1.165) is 0 Å². The maximum absolute atomic E-state index is 13.6. The Kier molecular flexibility index (Phi) is 4.08. The van der Waals surface area contributed by atoms with Crippen LogP contribution in [0.5, 0.6) is 0 Å². The van der Waals surface area contributed by atoms with E-state index in [2.05, 4.69) is 9.68 Å². The summed E-state index contributed by atoms with van der Waals surface area (Å²) >= 11 is 0. The monoisotopic (exact) mass is 368 g/mol. The van der Waals surface area contributed by atoms with Gasteiger partial charge >= 0.3 is 0 Å². The van der Waals surface area contributed by atoms with Crippen molar-refractivity contribution in [1.29, 1.82) is 0 Å². The molecule has 2 aromatic rings. The smallest absolute Gasteiger partial charge is 0.246 e. The second-order valence-corrected chi connectivity index (χ2v) is 6.96. The van der Waals surface area contributed by atoms with Crippen molar-refractivity contribution in [3.8, 4) is 0 Å². The molecule has 130 valence electrons. The van der Waals surface area contributed by atoms with Crippen LogP contribution in [-0.4, -0.2) is 19.6 Å². The fraction of sp³-hybridized carbons (Fsp3) is 0.308. The van der Waals surface area contributed by atoms with Gasteiger partial charge in [-0.15, -0.1) is 0 Å². The highest BCUT2D eigenvalue weighted by molar-refractivity contribution is 7.89. The maximum atomic E-state index is 13.6. The van der Waals surface area contributed by atoms with Gasteiger partial charge in [-0.2, -0.15) is 0 Å². The third-order valence-electron chi connectivity index (χ3n) is 3.77. The predicted molar refractivity (Wildman–Crippen MR) is 68.8 cm³/mol. The average Bonchev–Trinajstić information content (AvgIpc) is 3.00. The molecule has 11 heteroatoms. The molecule has 1 aromatic heterocycles. The summed E-state index contributed by atoms with van der Waals surface area (Å²) in [4.78, 5) is -1.89. The van der Waals surface area contributed by atoms with Gasteiger partial charge < -0.3 is 4.52 Å². The number of sulfonamides is 1. The minimum absolute atomic E-state index is 0.118. The number of hydrogen-bond donors (Lipinski definition) is 1. The molecule has 5 nitrogen and oxygen atoms in total. The van der Waals surface area contributed by atoms with Crippen LogP contribution >= 0.6 is 0 Å². The molecule has 0 radical (unpaired) electrons. The molecule has 0 aliphatic heterocycles. The van der Waals surface area contributed by atoms with Crippen molar-refractivity contribution < 1.29 is 34.9 Å². The molecule has 1 aliphatic carbocycles. The van der Waals surface area contributed by atoms with Gasteiger partial charge in [0.15, 0.2) is 28.2 Å². The lowest BCUT2D eigenvalue weighted by atomic mass is 9.79. The lowest BCUT2D eigenvalue weighted by Crippen LogP contribution is -2.44. The molecule has 1 fully saturated rings. The van der Waals surface area contributed by atoms with Crippen LogP contribution in [0.15, 0.2) is 21.7 Å². The molecule has 1 heterocycles. The van der Waals surface area contributed by atoms with Crippen LogP contribution < -0.4 is 4.72 Å². The van der Waals surface area contributed by atoms with Crippen molar-refractivity contribution in [3.05, 3.63) is 47.1 Å². The Hall–Kier alpha value is -2.01. The fourth-order valence-electron chi connectivity index (χ4n) is 2.49. The standard InChI is InChI=1S/C13H9F5N2O3S/c14-8-9(15)11(17)13(12(18)10(8)16)24(21,22)20-6-3-5(4-6)7-1-2-23-19-7/h1-2,5-6,20H,3-4H2. The molecule has 24 heavy (non-hydrogen) atoms. The van der Waals surface area contributed by atoms with Gasteiger partial charge in [-0.25, -0.2) is 35.1 Å². The van der Waals surface area contributed by atoms with Gasteiger partial charge in [-0.1, -0.05) is 5.16 Å². The summed E-state index contributed by atoms with van der Waals surface area (Å²) in [5.74, 6) is -12.0. The predicted octanol–water partition coefficient (Wildman–Crippen LogP) is 2.59. The maximum Gasteiger partial charge on any atom is 0.246 e. The van der Waals surface area contributed by atoms with E-state index >= 15 is 0 Å². The van der Waals surface area contributed by atoms with E-state index < -0.39 is 50.0 Å². The topological polar surface area (TPSA) is 72.2 Å². The molecule has 1 aliphatic rings. The van der Waals surface area contributed by atoms with E-state index in [9.17, 15) is 30.4 Å². The number of benzene rings is 1. The number of rotatable bonds is 4. The second-order valence-electron chi connectivity index (χ2n) is 5.31. The Morgan fingerprint density at radius 2 is 1.54 bits per heavy atom. The van der Waals surface area contributed by atoms with Crippen molar-refractivity contribution in [1.82, 2.24) is 9.88 Å². The largest absolute Gasteiger partial charge is 0.365 e. The zero-order valence-corrected chi connectivity index (χ0v) is 12.5. The lowest BCUT2D eigenvalue weighted by molar-refractivity contribution is 0.304. The Bertz CT molecular complexity index is 851. The van der Waals surface area contributed by atoms with Crippen LogP contribution in [-0.2, 0) is 10.0 Å². The molecule has 0 saturated heterocycles. The third-order valence-corrected chi connectivity index (χ3v) is 5.31. The summed E-state index contributed by atoms with van der Waals surface area (Å²) in [7, 11) is -4.93. The van der Waals surface area contributed by atoms with E-state index in [1.807, 2.05) is 4.72 Å². The molecule has 0 spiro atoms. The van der Waals surface area contributed by atoms with Crippen molar-refractivity contribution in [2.45, 2.75) is 29.7 Å². The first-order chi connectivity index (χ1) is 11.2. The van der Waals surface area contributed by atoms with Crippen LogP contribution in [0, 0.1) is 29.1 Å². The van der Waals surface area contributed by atoms with E-state index in [0.29, 0.717) is 5.69 Å². The van der Waals surface area contributed by atoms with Crippen molar-refractivity contribution in [3.63, 3.8) is 0 Å². The van der Waals surface area contributed by atoms with Crippen molar-refractivity contribution >= 4 is 10.0 Å². The molecule has 0 atom stereocenters. The normalized spacial score (nSPS) is 20.9. The van der Waals surface area contributed by atoms with Crippen LogP contribution in [0.3, 0.4) is 0 Å². The Labute approximate surface area is 132 Å². The van der Waals surface area contributed by atoms with Gasteiger partial charge in [-0.3, -0.25) is 0 Å². The van der Waals surface area contributed by atoms with E-state index in [-0.39, 0.29) is 18.8 Å². The van der Waals surface area contributed by atoms with Crippen LogP contribution in [0.4, 0.5) is 22.0 Å². The Morgan fingerprint density at radius 3 is 2.04 bits per heavy atom. The zero-order valence-electron chi connectivity index (χ0n) is 11.7. The van der Waals surface area contributed by atoms with Crippen LogP contribution in [0.1, 0.15) is 24.5 Å². The molecular formula is C13H9F5N2O3S. The van der Waals surface area contributed by atoms with E-state index in [1.165, 1.54) is 6.26 Å². The van der Waals surface area contributed by atoms with Gasteiger partial charge in [0, 0.05) is 18.0 Å². The summed E-state index contributed by atoms with van der Waals surface area (Å²) < 4.78 is 97.1. The van der Waals surface area contributed by atoms with E-state index in [4.69, 9.17) is 0 Å². The summed E-state index contributed by atoms with van der Waals surface area (Å²) in [5, 5.41) is 3.68. The van der Waals surface area contributed by atoms with Gasteiger partial charge in [0.25, 0.3) is 0 Å². The third kappa shape index (κ3) is 2.67. The highest BCUT2D eigenvalue weighted by Crippen LogP contribution is 2.37. The van der Waals surface area contributed by atoms with Gasteiger partial charge in [0.1, 0.15) is 6.26 Å². The highest BCUT2D eigenvalue weighted by Gasteiger charge is 2.39. The molecule has 1 saturated carbocycles. The average molecular weight is 368 g/mol. The molecule has 1 N–H and O–H groups in total. The second kappa shape index (κ2) is 5.81. The van der Waals surface area contributed by atoms with Crippen molar-refractivity contribution in [2.75, 3.05) is 0 Å². The fourth-order valence-corrected chi connectivity index (χ4v) is 3.89. The van der Waals surface area contributed by atoms with Gasteiger partial charge in [-0.05, 0) is 12.8 Å². The highest BCUT2D eigenvalue weighted by atomic mass is 32.2. The first-order valence-corrected chi connectivity index (χ1v) is 8.14. The molecule has 3 rings (SSSR count). The first kappa shape index (κ1) is 16.8. The molecule has 1 aromatic carbocycles. The van der Waals surface area contributed by atoms with Gasteiger partial charge in [0.2, 0.25) is 15.8 Å². The summed E-state index contributed by atoms with van der Waals surface area (Å²) in [6, 6.07) is 0.867. The lowest BCUT2D eigenvalue weighted by Gasteiger charge is -2.34. The van der Waals surface area contributed by atoms with Gasteiger partial charge in [0.05, 0.1) is 5.69 Å².